The Labute approximate surface area is 181 Å². The molecule has 1 amide bonds. The van der Waals surface area contributed by atoms with Crippen LogP contribution in [0.25, 0.3) is 5.82 Å². The SMILES string of the molecule is C/C(=N\NC(=O)c1c(CN2CCOCC2)nnn1-c1nonc1N)c1ccc(Cl)cc1. The quantitative estimate of drug-likeness (QED) is 0.416. The molecule has 0 aliphatic carbocycles. The van der Waals surface area contributed by atoms with Gasteiger partial charge in [0.15, 0.2) is 5.69 Å². The molecule has 12 nitrogen and oxygen atoms in total. The molecule has 0 atom stereocenters. The van der Waals surface area contributed by atoms with E-state index < -0.39 is 5.91 Å². The van der Waals surface area contributed by atoms with Crippen LogP contribution in [0.15, 0.2) is 34.0 Å². The molecule has 0 saturated carbocycles. The van der Waals surface area contributed by atoms with Crippen molar-refractivity contribution in [3.05, 3.63) is 46.2 Å². The zero-order chi connectivity index (χ0) is 21.8. The predicted octanol–water partition coefficient (Wildman–Crippen LogP) is 0.872. The molecule has 162 valence electrons. The van der Waals surface area contributed by atoms with Crippen molar-refractivity contribution in [1.29, 1.82) is 0 Å². The molecular formula is C18H20ClN9O3. The number of benzene rings is 1. The number of amides is 1. The van der Waals surface area contributed by atoms with Crippen molar-refractivity contribution in [2.45, 2.75) is 13.5 Å². The minimum absolute atomic E-state index is 0.0160. The third-order valence-corrected chi connectivity index (χ3v) is 4.97. The summed E-state index contributed by atoms with van der Waals surface area (Å²) in [6, 6.07) is 7.12. The van der Waals surface area contributed by atoms with E-state index in [1.54, 1.807) is 19.1 Å². The predicted molar refractivity (Wildman–Crippen MR) is 111 cm³/mol. The lowest BCUT2D eigenvalue weighted by Gasteiger charge is -2.25. The number of aromatic nitrogens is 5. The number of carbonyl (C=O) groups excluding carboxylic acids is 1. The monoisotopic (exact) mass is 445 g/mol. The second kappa shape index (κ2) is 9.20. The van der Waals surface area contributed by atoms with Gasteiger partial charge in [-0.2, -0.15) is 9.78 Å². The van der Waals surface area contributed by atoms with Gasteiger partial charge in [0.2, 0.25) is 11.6 Å². The Bertz CT molecular complexity index is 1090. The summed E-state index contributed by atoms with van der Waals surface area (Å²) in [4.78, 5) is 15.2. The second-order valence-electron chi connectivity index (χ2n) is 6.80. The maximum absolute atomic E-state index is 13.1. The summed E-state index contributed by atoms with van der Waals surface area (Å²) in [6.07, 6.45) is 0. The summed E-state index contributed by atoms with van der Waals surface area (Å²) in [7, 11) is 0. The van der Waals surface area contributed by atoms with E-state index in [0.717, 1.165) is 18.7 Å². The van der Waals surface area contributed by atoms with Gasteiger partial charge in [-0.15, -0.1) is 5.10 Å². The first-order chi connectivity index (χ1) is 15.0. The van der Waals surface area contributed by atoms with Crippen molar-refractivity contribution in [2.75, 3.05) is 32.0 Å². The Morgan fingerprint density at radius 1 is 1.26 bits per heavy atom. The van der Waals surface area contributed by atoms with E-state index in [9.17, 15) is 4.79 Å². The number of nitrogen functional groups attached to an aromatic ring is 1. The first-order valence-corrected chi connectivity index (χ1v) is 9.84. The number of hydrogen-bond donors (Lipinski definition) is 2. The number of anilines is 1. The van der Waals surface area contributed by atoms with Crippen LogP contribution in [0, 0.1) is 0 Å². The molecule has 13 heteroatoms. The van der Waals surface area contributed by atoms with E-state index in [-0.39, 0.29) is 17.3 Å². The van der Waals surface area contributed by atoms with Crippen molar-refractivity contribution in [2.24, 2.45) is 5.10 Å². The van der Waals surface area contributed by atoms with E-state index in [0.29, 0.717) is 36.2 Å². The number of hydrogen-bond acceptors (Lipinski definition) is 10. The summed E-state index contributed by atoms with van der Waals surface area (Å²) in [5.74, 6) is -0.467. The molecule has 31 heavy (non-hydrogen) atoms. The molecule has 2 aromatic heterocycles. The van der Waals surface area contributed by atoms with Crippen LogP contribution in [0.1, 0.15) is 28.7 Å². The highest BCUT2D eigenvalue weighted by atomic mass is 35.5. The lowest BCUT2D eigenvalue weighted by molar-refractivity contribution is 0.0335. The fourth-order valence-corrected chi connectivity index (χ4v) is 3.17. The fourth-order valence-electron chi connectivity index (χ4n) is 3.05. The number of hydrazone groups is 1. The summed E-state index contributed by atoms with van der Waals surface area (Å²) >= 11 is 5.92. The highest BCUT2D eigenvalue weighted by Crippen LogP contribution is 2.18. The second-order valence-corrected chi connectivity index (χ2v) is 7.24. The van der Waals surface area contributed by atoms with Crippen molar-refractivity contribution in [3.63, 3.8) is 0 Å². The van der Waals surface area contributed by atoms with Crippen molar-refractivity contribution < 1.29 is 14.2 Å². The van der Waals surface area contributed by atoms with E-state index in [1.165, 1.54) is 4.68 Å². The van der Waals surface area contributed by atoms with Gasteiger partial charge >= 0.3 is 0 Å². The maximum Gasteiger partial charge on any atom is 0.292 e. The van der Waals surface area contributed by atoms with Gasteiger partial charge in [0.05, 0.1) is 18.9 Å². The van der Waals surface area contributed by atoms with Crippen LogP contribution in [0.5, 0.6) is 0 Å². The standard InChI is InChI=1S/C18H20ClN9O3/c1-11(12-2-4-13(19)5-3-12)21-23-18(29)15-14(10-27-6-8-30-9-7-27)22-26-28(15)17-16(20)24-31-25-17/h2-5H,6-10H2,1H3,(H2,20,24)(H,23,29)/b21-11+. The zero-order valence-electron chi connectivity index (χ0n) is 16.7. The molecule has 1 aromatic carbocycles. The molecule has 3 heterocycles. The number of halogens is 1. The van der Waals surface area contributed by atoms with E-state index in [4.69, 9.17) is 22.1 Å². The number of nitrogens with two attached hydrogens (primary N) is 1. The number of morpholine rings is 1. The van der Waals surface area contributed by atoms with Crippen LogP contribution in [-0.4, -0.2) is 68.1 Å². The number of nitrogens with one attached hydrogen (secondary N) is 1. The maximum atomic E-state index is 13.1. The Morgan fingerprint density at radius 2 is 2.00 bits per heavy atom. The Kier molecular flexibility index (Phi) is 6.21. The number of nitrogens with zero attached hydrogens (tertiary/aromatic N) is 7. The van der Waals surface area contributed by atoms with Crippen LogP contribution in [0.3, 0.4) is 0 Å². The molecule has 4 rings (SSSR count). The Balaban J connectivity index is 1.61. The Hall–Kier alpha value is -3.35. The zero-order valence-corrected chi connectivity index (χ0v) is 17.4. The molecule has 1 fully saturated rings. The van der Waals surface area contributed by atoms with Gasteiger partial charge in [-0.3, -0.25) is 9.69 Å². The average molecular weight is 446 g/mol. The summed E-state index contributed by atoms with van der Waals surface area (Å²) < 4.78 is 11.2. The van der Waals surface area contributed by atoms with Crippen LogP contribution >= 0.6 is 11.6 Å². The largest absolute Gasteiger partial charge is 0.379 e. The lowest BCUT2D eigenvalue weighted by Crippen LogP contribution is -2.36. The van der Waals surface area contributed by atoms with Gasteiger partial charge in [0, 0.05) is 24.7 Å². The molecule has 0 spiro atoms. The van der Waals surface area contributed by atoms with Gasteiger partial charge < -0.3 is 10.5 Å². The molecule has 3 aromatic rings. The lowest BCUT2D eigenvalue weighted by atomic mass is 10.1. The summed E-state index contributed by atoms with van der Waals surface area (Å²) in [6.45, 7) is 4.83. The highest BCUT2D eigenvalue weighted by molar-refractivity contribution is 6.30. The number of carbonyl (C=O) groups is 1. The first-order valence-electron chi connectivity index (χ1n) is 9.46. The summed E-state index contributed by atoms with van der Waals surface area (Å²) in [5, 5.41) is 20.3. The smallest absolute Gasteiger partial charge is 0.292 e. The molecule has 0 radical (unpaired) electrons. The van der Waals surface area contributed by atoms with Gasteiger partial charge in [0.25, 0.3) is 5.91 Å². The van der Waals surface area contributed by atoms with Gasteiger partial charge in [-0.1, -0.05) is 28.9 Å². The van der Waals surface area contributed by atoms with E-state index in [1.807, 2.05) is 12.1 Å². The third kappa shape index (κ3) is 4.71. The molecule has 3 N–H and O–H groups in total. The van der Waals surface area contributed by atoms with Crippen molar-refractivity contribution in [1.82, 2.24) is 35.6 Å². The molecule has 1 aliphatic heterocycles. The van der Waals surface area contributed by atoms with E-state index in [2.05, 4.69) is 40.7 Å². The molecule has 1 aliphatic rings. The number of rotatable bonds is 6. The fraction of sp³-hybridized carbons (Fsp3) is 0.333. The Morgan fingerprint density at radius 3 is 2.68 bits per heavy atom. The normalized spacial score (nSPS) is 15.2. The first kappa shape index (κ1) is 20.9. The molecule has 0 unspecified atom stereocenters. The van der Waals surface area contributed by atoms with Crippen LogP contribution in [0.2, 0.25) is 5.02 Å². The highest BCUT2D eigenvalue weighted by Gasteiger charge is 2.26. The minimum atomic E-state index is -0.524. The van der Waals surface area contributed by atoms with Crippen molar-refractivity contribution in [3.8, 4) is 5.82 Å². The topological polar surface area (TPSA) is 150 Å². The average Bonchev–Trinajstić information content (AvgIpc) is 3.38. The number of ether oxygens (including phenoxy) is 1. The van der Waals surface area contributed by atoms with Crippen molar-refractivity contribution >= 4 is 29.0 Å². The van der Waals surface area contributed by atoms with Gasteiger partial charge in [0.1, 0.15) is 5.69 Å². The molecular weight excluding hydrogens is 426 g/mol. The van der Waals surface area contributed by atoms with E-state index >= 15 is 0 Å². The third-order valence-electron chi connectivity index (χ3n) is 4.72. The van der Waals surface area contributed by atoms with Crippen LogP contribution in [-0.2, 0) is 11.3 Å². The summed E-state index contributed by atoms with van der Waals surface area (Å²) in [5.41, 5.74) is 10.3. The van der Waals surface area contributed by atoms with Gasteiger partial charge in [-0.25, -0.2) is 10.1 Å². The molecule has 1 saturated heterocycles. The molecule has 0 bridgehead atoms. The van der Waals surface area contributed by atoms with Gasteiger partial charge in [-0.05, 0) is 34.9 Å². The van der Waals surface area contributed by atoms with Crippen LogP contribution < -0.4 is 11.2 Å². The minimum Gasteiger partial charge on any atom is -0.379 e. The van der Waals surface area contributed by atoms with Crippen LogP contribution in [0.4, 0.5) is 5.82 Å².